The average Bonchev–Trinajstić information content (AvgIpc) is 2.71. The molecule has 0 radical (unpaired) electrons. The van der Waals surface area contributed by atoms with E-state index in [1.807, 2.05) is 0 Å². The third-order valence-corrected chi connectivity index (χ3v) is 3.72. The van der Waals surface area contributed by atoms with E-state index in [1.165, 1.54) is 25.7 Å². The molecule has 2 amide bonds. The second-order valence-corrected chi connectivity index (χ2v) is 5.21. The van der Waals surface area contributed by atoms with Gasteiger partial charge in [0, 0.05) is 25.6 Å². The van der Waals surface area contributed by atoms with Crippen LogP contribution in [0.5, 0.6) is 0 Å². The summed E-state index contributed by atoms with van der Waals surface area (Å²) in [5, 5.41) is 11.5. The number of hydrogen-bond donors (Lipinski definition) is 2. The first kappa shape index (κ1) is 12.2. The number of hydrogen-bond acceptors (Lipinski definition) is 2. The predicted octanol–water partition coefficient (Wildman–Crippen LogP) is 1.29. The number of carbonyl (C=O) groups is 2. The maximum atomic E-state index is 11.7. The van der Waals surface area contributed by atoms with Gasteiger partial charge in [0.2, 0.25) is 0 Å². The third-order valence-electron chi connectivity index (χ3n) is 3.72. The number of aliphatic carboxylic acids is 1. The highest BCUT2D eigenvalue weighted by atomic mass is 16.4. The van der Waals surface area contributed by atoms with Gasteiger partial charge in [-0.15, -0.1) is 0 Å². The molecule has 17 heavy (non-hydrogen) atoms. The summed E-state index contributed by atoms with van der Waals surface area (Å²) < 4.78 is 0. The number of carboxylic acid groups (broad SMARTS) is 1. The fourth-order valence-corrected chi connectivity index (χ4v) is 2.67. The Hall–Kier alpha value is -1.26. The van der Waals surface area contributed by atoms with Gasteiger partial charge in [0.1, 0.15) is 0 Å². The zero-order valence-electron chi connectivity index (χ0n) is 10.0. The van der Waals surface area contributed by atoms with Gasteiger partial charge in [-0.25, -0.2) is 4.79 Å². The van der Waals surface area contributed by atoms with Crippen molar-refractivity contribution in [1.29, 1.82) is 0 Å². The molecule has 1 heterocycles. The van der Waals surface area contributed by atoms with Crippen molar-refractivity contribution >= 4 is 12.0 Å². The van der Waals surface area contributed by atoms with Gasteiger partial charge in [-0.3, -0.25) is 4.79 Å². The molecule has 0 aromatic rings. The Bertz CT molecular complexity index is 294. The standard InChI is InChI=1S/C12H20N2O3/c15-11(16)5-10-7-14(8-10)12(17)13-6-9-3-1-2-4-9/h9-10H,1-8H2,(H,13,17)(H,15,16). The minimum Gasteiger partial charge on any atom is -0.481 e. The number of likely N-dealkylation sites (tertiary alicyclic amines) is 1. The van der Waals surface area contributed by atoms with Crippen molar-refractivity contribution in [3.63, 3.8) is 0 Å². The summed E-state index contributed by atoms with van der Waals surface area (Å²) >= 11 is 0. The Kier molecular flexibility index (Phi) is 3.86. The smallest absolute Gasteiger partial charge is 0.317 e. The van der Waals surface area contributed by atoms with Crippen LogP contribution in [0.4, 0.5) is 4.79 Å². The summed E-state index contributed by atoms with van der Waals surface area (Å²) in [6.07, 6.45) is 5.19. The van der Waals surface area contributed by atoms with Gasteiger partial charge in [-0.2, -0.15) is 0 Å². The van der Waals surface area contributed by atoms with Crippen molar-refractivity contribution in [2.24, 2.45) is 11.8 Å². The van der Waals surface area contributed by atoms with Crippen molar-refractivity contribution in [3.05, 3.63) is 0 Å². The minimum absolute atomic E-state index is 0.0291. The maximum absolute atomic E-state index is 11.7. The lowest BCUT2D eigenvalue weighted by Gasteiger charge is -2.38. The van der Waals surface area contributed by atoms with E-state index in [0.29, 0.717) is 19.0 Å². The van der Waals surface area contributed by atoms with Gasteiger partial charge in [-0.1, -0.05) is 12.8 Å². The second kappa shape index (κ2) is 5.38. The molecule has 2 rings (SSSR count). The zero-order valence-corrected chi connectivity index (χ0v) is 10.0. The molecule has 1 aliphatic carbocycles. The van der Waals surface area contributed by atoms with Gasteiger partial charge in [-0.05, 0) is 18.8 Å². The number of urea groups is 1. The second-order valence-electron chi connectivity index (χ2n) is 5.21. The molecule has 0 bridgehead atoms. The van der Waals surface area contributed by atoms with Gasteiger partial charge >= 0.3 is 12.0 Å². The quantitative estimate of drug-likeness (QED) is 0.778. The zero-order chi connectivity index (χ0) is 12.3. The lowest BCUT2D eigenvalue weighted by Crippen LogP contribution is -2.54. The van der Waals surface area contributed by atoms with E-state index >= 15 is 0 Å². The lowest BCUT2D eigenvalue weighted by molar-refractivity contribution is -0.139. The lowest BCUT2D eigenvalue weighted by atomic mass is 9.97. The minimum atomic E-state index is -0.777. The van der Waals surface area contributed by atoms with Crippen LogP contribution in [0.2, 0.25) is 0 Å². The van der Waals surface area contributed by atoms with Crippen molar-refractivity contribution in [2.75, 3.05) is 19.6 Å². The molecule has 0 atom stereocenters. The number of amides is 2. The monoisotopic (exact) mass is 240 g/mol. The molecular formula is C12H20N2O3. The fraction of sp³-hybridized carbons (Fsp3) is 0.833. The van der Waals surface area contributed by atoms with Gasteiger partial charge < -0.3 is 15.3 Å². The van der Waals surface area contributed by atoms with Gasteiger partial charge in [0.25, 0.3) is 0 Å². The number of nitrogens with one attached hydrogen (secondary N) is 1. The molecule has 5 nitrogen and oxygen atoms in total. The van der Waals surface area contributed by atoms with E-state index in [9.17, 15) is 9.59 Å². The van der Waals surface area contributed by atoms with Crippen LogP contribution in [0.3, 0.4) is 0 Å². The first-order valence-electron chi connectivity index (χ1n) is 6.39. The Morgan fingerprint density at radius 2 is 1.82 bits per heavy atom. The summed E-state index contributed by atoms with van der Waals surface area (Å²) in [4.78, 5) is 23.8. The Balaban J connectivity index is 1.60. The summed E-state index contributed by atoms with van der Waals surface area (Å²) in [7, 11) is 0. The number of carboxylic acids is 1. The molecule has 0 unspecified atom stereocenters. The average molecular weight is 240 g/mol. The van der Waals surface area contributed by atoms with Crippen molar-refractivity contribution in [3.8, 4) is 0 Å². The molecule has 2 fully saturated rings. The maximum Gasteiger partial charge on any atom is 0.317 e. The van der Waals surface area contributed by atoms with Crippen molar-refractivity contribution < 1.29 is 14.7 Å². The molecule has 1 aliphatic heterocycles. The van der Waals surface area contributed by atoms with Gasteiger partial charge in [0.15, 0.2) is 0 Å². The SMILES string of the molecule is O=C(O)CC1CN(C(=O)NCC2CCCC2)C1. The van der Waals surface area contributed by atoms with E-state index in [4.69, 9.17) is 5.11 Å². The molecule has 1 saturated heterocycles. The van der Waals surface area contributed by atoms with Crippen molar-refractivity contribution in [2.45, 2.75) is 32.1 Å². The highest BCUT2D eigenvalue weighted by Gasteiger charge is 2.32. The fourth-order valence-electron chi connectivity index (χ4n) is 2.67. The molecule has 96 valence electrons. The molecule has 0 aromatic carbocycles. The summed E-state index contributed by atoms with van der Waals surface area (Å²) in [6, 6.07) is -0.0291. The normalized spacial score (nSPS) is 21.3. The summed E-state index contributed by atoms with van der Waals surface area (Å²) in [5.74, 6) is 0.0146. The molecule has 0 aromatic heterocycles. The molecule has 0 spiro atoms. The molecule has 5 heteroatoms. The highest BCUT2D eigenvalue weighted by Crippen LogP contribution is 2.24. The van der Waals surface area contributed by atoms with Crippen LogP contribution in [0, 0.1) is 11.8 Å². The van der Waals surface area contributed by atoms with Crippen LogP contribution in [0.1, 0.15) is 32.1 Å². The van der Waals surface area contributed by atoms with Crippen LogP contribution in [0.25, 0.3) is 0 Å². The van der Waals surface area contributed by atoms with Crippen LogP contribution >= 0.6 is 0 Å². The van der Waals surface area contributed by atoms with E-state index in [2.05, 4.69) is 5.32 Å². The number of nitrogens with zero attached hydrogens (tertiary/aromatic N) is 1. The highest BCUT2D eigenvalue weighted by molar-refractivity contribution is 5.75. The Morgan fingerprint density at radius 3 is 2.41 bits per heavy atom. The topological polar surface area (TPSA) is 69.6 Å². The molecule has 1 saturated carbocycles. The first-order valence-corrected chi connectivity index (χ1v) is 6.39. The van der Waals surface area contributed by atoms with E-state index in [-0.39, 0.29) is 18.4 Å². The van der Waals surface area contributed by atoms with E-state index in [0.717, 1.165) is 6.54 Å². The summed E-state index contributed by atoms with van der Waals surface area (Å²) in [6.45, 7) is 1.95. The van der Waals surface area contributed by atoms with Gasteiger partial charge in [0.05, 0.1) is 6.42 Å². The molecule has 2 aliphatic rings. The Morgan fingerprint density at radius 1 is 1.18 bits per heavy atom. The number of rotatable bonds is 4. The Labute approximate surface area is 101 Å². The number of carbonyl (C=O) groups excluding carboxylic acids is 1. The van der Waals surface area contributed by atoms with Crippen LogP contribution in [-0.4, -0.2) is 41.6 Å². The molecular weight excluding hydrogens is 220 g/mol. The summed E-state index contributed by atoms with van der Waals surface area (Å²) in [5.41, 5.74) is 0. The van der Waals surface area contributed by atoms with Crippen LogP contribution in [0.15, 0.2) is 0 Å². The van der Waals surface area contributed by atoms with Crippen molar-refractivity contribution in [1.82, 2.24) is 10.2 Å². The molecule has 2 N–H and O–H groups in total. The predicted molar refractivity (Wildman–Crippen MR) is 62.7 cm³/mol. The van der Waals surface area contributed by atoms with Crippen LogP contribution < -0.4 is 5.32 Å². The third kappa shape index (κ3) is 3.35. The largest absolute Gasteiger partial charge is 0.481 e. The van der Waals surface area contributed by atoms with E-state index in [1.54, 1.807) is 4.90 Å². The van der Waals surface area contributed by atoms with E-state index < -0.39 is 5.97 Å². The first-order chi connectivity index (χ1) is 8.15. The van der Waals surface area contributed by atoms with Crippen LogP contribution in [-0.2, 0) is 4.79 Å².